The quantitative estimate of drug-likeness (QED) is 0.522. The minimum atomic E-state index is -1.35. The van der Waals surface area contributed by atoms with Crippen molar-refractivity contribution in [3.63, 3.8) is 0 Å². The monoisotopic (exact) mass is 203 g/mol. The predicted molar refractivity (Wildman–Crippen MR) is 50.4 cm³/mol. The summed E-state index contributed by atoms with van der Waals surface area (Å²) < 4.78 is 9.50. The van der Waals surface area contributed by atoms with Crippen LogP contribution in [-0.2, 0) is 19.1 Å². The van der Waals surface area contributed by atoms with E-state index in [1.165, 1.54) is 0 Å². The molecule has 0 amide bonds. The first-order chi connectivity index (χ1) is 6.34. The maximum Gasteiger partial charge on any atom is 0.334 e. The molecule has 0 atom stereocenters. The molecule has 0 fully saturated rings. The van der Waals surface area contributed by atoms with E-state index in [1.54, 1.807) is 27.7 Å². The number of hydrogen-bond acceptors (Lipinski definition) is 5. The molecule has 0 aromatic carbocycles. The first kappa shape index (κ1) is 12.9. The topological polar surface area (TPSA) is 78.6 Å². The lowest BCUT2D eigenvalue weighted by atomic mass is 10.3. The van der Waals surface area contributed by atoms with Crippen LogP contribution >= 0.6 is 0 Å². The normalized spacial score (nSPS) is 10.9. The van der Waals surface area contributed by atoms with E-state index in [4.69, 9.17) is 15.2 Å². The molecule has 2 N–H and O–H groups in total. The van der Waals surface area contributed by atoms with E-state index >= 15 is 0 Å². The lowest BCUT2D eigenvalue weighted by Gasteiger charge is -2.14. The number of rotatable bonds is 4. The third-order valence-corrected chi connectivity index (χ3v) is 1.21. The zero-order chi connectivity index (χ0) is 11.3. The maximum absolute atomic E-state index is 11.1. The van der Waals surface area contributed by atoms with Crippen molar-refractivity contribution in [2.24, 2.45) is 5.73 Å². The molecule has 0 rings (SSSR count). The van der Waals surface area contributed by atoms with Gasteiger partial charge in [0.15, 0.2) is 0 Å². The Morgan fingerprint density at radius 1 is 0.929 bits per heavy atom. The summed E-state index contributed by atoms with van der Waals surface area (Å²) in [5.74, 6) is -1.52. The Kier molecular flexibility index (Phi) is 5.15. The van der Waals surface area contributed by atoms with Crippen molar-refractivity contribution >= 4 is 11.9 Å². The van der Waals surface area contributed by atoms with Crippen molar-refractivity contribution in [3.05, 3.63) is 0 Å². The van der Waals surface area contributed by atoms with Crippen molar-refractivity contribution in [2.45, 2.75) is 45.9 Å². The lowest BCUT2D eigenvalue weighted by molar-refractivity contribution is -0.161. The van der Waals surface area contributed by atoms with Crippen molar-refractivity contribution in [1.29, 1.82) is 0 Å². The second-order valence-corrected chi connectivity index (χ2v) is 3.45. The number of carbonyl (C=O) groups is 2. The van der Waals surface area contributed by atoms with Crippen LogP contribution in [0.25, 0.3) is 0 Å². The summed E-state index contributed by atoms with van der Waals surface area (Å²) in [6.07, 6.45) is -0.583. The van der Waals surface area contributed by atoms with E-state index in [-0.39, 0.29) is 12.2 Å². The van der Waals surface area contributed by atoms with Crippen LogP contribution in [0.5, 0.6) is 0 Å². The molecule has 0 radical (unpaired) electrons. The highest BCUT2D eigenvalue weighted by Crippen LogP contribution is 1.97. The lowest BCUT2D eigenvalue weighted by Crippen LogP contribution is -2.42. The van der Waals surface area contributed by atoms with Crippen LogP contribution in [-0.4, -0.2) is 30.2 Å². The van der Waals surface area contributed by atoms with Crippen LogP contribution in [0.15, 0.2) is 0 Å². The number of nitrogens with two attached hydrogens (primary N) is 1. The zero-order valence-corrected chi connectivity index (χ0v) is 8.94. The van der Waals surface area contributed by atoms with Gasteiger partial charge >= 0.3 is 11.9 Å². The van der Waals surface area contributed by atoms with Crippen molar-refractivity contribution in [2.75, 3.05) is 0 Å². The number of esters is 2. The predicted octanol–water partition coefficient (Wildman–Crippen LogP) is 0.217. The Hall–Kier alpha value is -1.10. The summed E-state index contributed by atoms with van der Waals surface area (Å²) in [5.41, 5.74) is 5.31. The maximum atomic E-state index is 11.1. The zero-order valence-electron chi connectivity index (χ0n) is 8.94. The van der Waals surface area contributed by atoms with Gasteiger partial charge in [0, 0.05) is 0 Å². The Morgan fingerprint density at radius 3 is 1.43 bits per heavy atom. The van der Waals surface area contributed by atoms with Gasteiger partial charge in [0.05, 0.1) is 12.2 Å². The SMILES string of the molecule is CC(C)OC(=O)C(N)C(=O)OC(C)C. The standard InChI is InChI=1S/C9H17NO4/c1-5(2)13-8(11)7(10)9(12)14-6(3)4/h5-7H,10H2,1-4H3. The highest BCUT2D eigenvalue weighted by molar-refractivity contribution is 5.99. The van der Waals surface area contributed by atoms with Gasteiger partial charge in [-0.15, -0.1) is 0 Å². The molecule has 0 aromatic heterocycles. The van der Waals surface area contributed by atoms with Crippen LogP contribution < -0.4 is 5.73 Å². The average molecular weight is 203 g/mol. The van der Waals surface area contributed by atoms with E-state index in [0.29, 0.717) is 0 Å². The highest BCUT2D eigenvalue weighted by atomic mass is 16.6. The molecule has 0 aromatic rings. The molecule has 14 heavy (non-hydrogen) atoms. The molecule has 0 aliphatic heterocycles. The largest absolute Gasteiger partial charge is 0.461 e. The van der Waals surface area contributed by atoms with Gasteiger partial charge in [-0.2, -0.15) is 0 Å². The fourth-order valence-corrected chi connectivity index (χ4v) is 0.707. The Balaban J connectivity index is 4.11. The van der Waals surface area contributed by atoms with Gasteiger partial charge in [0.25, 0.3) is 0 Å². The molecular formula is C9H17NO4. The minimum absolute atomic E-state index is 0.291. The number of carbonyl (C=O) groups excluding carboxylic acids is 2. The van der Waals surface area contributed by atoms with Crippen LogP contribution in [0.3, 0.4) is 0 Å². The Labute approximate surface area is 83.5 Å². The van der Waals surface area contributed by atoms with Crippen LogP contribution in [0.2, 0.25) is 0 Å². The molecule has 0 aliphatic carbocycles. The van der Waals surface area contributed by atoms with Gasteiger partial charge in [-0.25, -0.2) is 9.59 Å². The van der Waals surface area contributed by atoms with Crippen molar-refractivity contribution in [1.82, 2.24) is 0 Å². The second-order valence-electron chi connectivity index (χ2n) is 3.45. The molecule has 0 aliphatic rings. The molecule has 82 valence electrons. The van der Waals surface area contributed by atoms with E-state index < -0.39 is 18.0 Å². The first-order valence-electron chi connectivity index (χ1n) is 4.51. The average Bonchev–Trinajstić information content (AvgIpc) is 2.00. The minimum Gasteiger partial charge on any atom is -0.461 e. The third-order valence-electron chi connectivity index (χ3n) is 1.21. The summed E-state index contributed by atoms with van der Waals surface area (Å²) in [6, 6.07) is -1.35. The van der Waals surface area contributed by atoms with Gasteiger partial charge in [-0.05, 0) is 27.7 Å². The summed E-state index contributed by atoms with van der Waals surface area (Å²) >= 11 is 0. The molecular weight excluding hydrogens is 186 g/mol. The number of ether oxygens (including phenoxy) is 2. The summed E-state index contributed by atoms with van der Waals surface area (Å²) in [5, 5.41) is 0. The van der Waals surface area contributed by atoms with E-state index in [2.05, 4.69) is 0 Å². The second kappa shape index (κ2) is 5.59. The summed E-state index contributed by atoms with van der Waals surface area (Å²) in [4.78, 5) is 22.3. The molecule has 0 heterocycles. The fraction of sp³-hybridized carbons (Fsp3) is 0.778. The molecule has 5 nitrogen and oxygen atoms in total. The Bertz CT molecular complexity index is 191. The fourth-order valence-electron chi connectivity index (χ4n) is 0.707. The highest BCUT2D eigenvalue weighted by Gasteiger charge is 2.26. The number of hydrogen-bond donors (Lipinski definition) is 1. The van der Waals surface area contributed by atoms with Crippen LogP contribution in [0.1, 0.15) is 27.7 Å². The van der Waals surface area contributed by atoms with Gasteiger partial charge in [0.1, 0.15) is 0 Å². The molecule has 5 heteroatoms. The van der Waals surface area contributed by atoms with Gasteiger partial charge < -0.3 is 15.2 Å². The molecule has 0 unspecified atom stereocenters. The molecule has 0 bridgehead atoms. The Morgan fingerprint density at radius 2 is 1.21 bits per heavy atom. The summed E-state index contributed by atoms with van der Waals surface area (Å²) in [6.45, 7) is 6.72. The van der Waals surface area contributed by atoms with Crippen molar-refractivity contribution < 1.29 is 19.1 Å². The van der Waals surface area contributed by atoms with Crippen LogP contribution in [0.4, 0.5) is 0 Å². The van der Waals surface area contributed by atoms with E-state index in [9.17, 15) is 9.59 Å². The van der Waals surface area contributed by atoms with Gasteiger partial charge in [-0.1, -0.05) is 0 Å². The van der Waals surface area contributed by atoms with Crippen LogP contribution in [0, 0.1) is 0 Å². The third kappa shape index (κ3) is 4.81. The first-order valence-corrected chi connectivity index (χ1v) is 4.51. The van der Waals surface area contributed by atoms with Crippen molar-refractivity contribution in [3.8, 4) is 0 Å². The molecule has 0 saturated carbocycles. The molecule has 0 saturated heterocycles. The van der Waals surface area contributed by atoms with E-state index in [1.807, 2.05) is 0 Å². The van der Waals surface area contributed by atoms with E-state index in [0.717, 1.165) is 0 Å². The molecule has 0 spiro atoms. The van der Waals surface area contributed by atoms with Gasteiger partial charge in [-0.3, -0.25) is 0 Å². The summed E-state index contributed by atoms with van der Waals surface area (Å²) in [7, 11) is 0. The smallest absolute Gasteiger partial charge is 0.334 e. The van der Waals surface area contributed by atoms with Gasteiger partial charge in [0.2, 0.25) is 6.04 Å².